The van der Waals surface area contributed by atoms with Gasteiger partial charge in [0.05, 0.1) is 5.41 Å². The van der Waals surface area contributed by atoms with Crippen LogP contribution in [0.1, 0.15) is 67.7 Å². The second kappa shape index (κ2) is 6.57. The fraction of sp³-hybridized carbons (Fsp3) is 0.938. The molecule has 5 heteroatoms. The van der Waals surface area contributed by atoms with Gasteiger partial charge in [0.1, 0.15) is 0 Å². The van der Waals surface area contributed by atoms with Crippen molar-refractivity contribution in [1.82, 2.24) is 0 Å². The van der Waals surface area contributed by atoms with Gasteiger partial charge in [0.25, 0.3) is 0 Å². The number of ether oxygens (including phenoxy) is 1. The molecule has 0 spiro atoms. The average molecular weight is 310 g/mol. The van der Waals surface area contributed by atoms with Gasteiger partial charge in [-0.15, -0.1) is 0 Å². The molecule has 0 aliphatic heterocycles. The Morgan fingerprint density at radius 2 is 1.43 bits per heavy atom. The predicted molar refractivity (Wildman–Crippen MR) is 77.9 cm³/mol. The van der Waals surface area contributed by atoms with Crippen molar-refractivity contribution in [2.45, 2.75) is 73.9 Å². The first-order valence-electron chi connectivity index (χ1n) is 7.45. The molecule has 0 saturated heterocycles. The maximum Gasteiger partial charge on any atom is 0.422 e. The number of carbonyl (C=O) groups excluding carboxylic acids is 1. The normalized spacial score (nSPS) is 16.5. The molecule has 0 aliphatic rings. The lowest BCUT2D eigenvalue weighted by Crippen LogP contribution is -2.46. The molecule has 0 aliphatic carbocycles. The summed E-state index contributed by atoms with van der Waals surface area (Å²) in [5, 5.41) is 0. The van der Waals surface area contributed by atoms with Gasteiger partial charge in [-0.25, -0.2) is 0 Å². The van der Waals surface area contributed by atoms with E-state index >= 15 is 0 Å². The summed E-state index contributed by atoms with van der Waals surface area (Å²) in [4.78, 5) is 12.4. The van der Waals surface area contributed by atoms with Crippen LogP contribution in [0.15, 0.2) is 0 Å². The SMILES string of the molecule is CCC(C)(C)CC(C)(C(=O)OCC(F)(F)F)C(C)(C)CC. The van der Waals surface area contributed by atoms with Crippen molar-refractivity contribution in [3.63, 3.8) is 0 Å². The van der Waals surface area contributed by atoms with E-state index in [1.165, 1.54) is 0 Å². The number of carbonyl (C=O) groups is 1. The molecule has 0 radical (unpaired) electrons. The number of esters is 1. The van der Waals surface area contributed by atoms with Crippen LogP contribution in [0.2, 0.25) is 0 Å². The van der Waals surface area contributed by atoms with Crippen LogP contribution in [0.25, 0.3) is 0 Å². The topological polar surface area (TPSA) is 26.3 Å². The Kier molecular flexibility index (Phi) is 6.34. The average Bonchev–Trinajstić information content (AvgIpc) is 2.34. The third-order valence-corrected chi connectivity index (χ3v) is 4.98. The van der Waals surface area contributed by atoms with E-state index in [0.717, 1.165) is 6.42 Å². The highest BCUT2D eigenvalue weighted by Gasteiger charge is 2.50. The van der Waals surface area contributed by atoms with Gasteiger partial charge in [-0.05, 0) is 30.6 Å². The third-order valence-electron chi connectivity index (χ3n) is 4.98. The second-order valence-electron chi connectivity index (χ2n) is 7.46. The quantitative estimate of drug-likeness (QED) is 0.592. The van der Waals surface area contributed by atoms with Crippen LogP contribution < -0.4 is 0 Å². The number of halogens is 3. The molecule has 0 heterocycles. The molecule has 0 aromatic rings. The molecule has 2 nitrogen and oxygen atoms in total. The van der Waals surface area contributed by atoms with Crippen molar-refractivity contribution in [3.8, 4) is 0 Å². The zero-order chi connectivity index (χ0) is 17.1. The summed E-state index contributed by atoms with van der Waals surface area (Å²) in [6.45, 7) is 12.0. The Bertz CT molecular complexity index is 359. The van der Waals surface area contributed by atoms with Gasteiger partial charge in [-0.3, -0.25) is 4.79 Å². The van der Waals surface area contributed by atoms with Crippen molar-refractivity contribution in [3.05, 3.63) is 0 Å². The molecule has 0 amide bonds. The maximum atomic E-state index is 12.4. The zero-order valence-corrected chi connectivity index (χ0v) is 14.3. The lowest BCUT2D eigenvalue weighted by molar-refractivity contribution is -0.199. The molecule has 0 saturated carbocycles. The third kappa shape index (κ3) is 5.51. The molecular formula is C16H29F3O2. The summed E-state index contributed by atoms with van der Waals surface area (Å²) < 4.78 is 41.5. The Hall–Kier alpha value is -0.740. The van der Waals surface area contributed by atoms with Gasteiger partial charge >= 0.3 is 12.1 Å². The number of hydrogen-bond acceptors (Lipinski definition) is 2. The molecule has 21 heavy (non-hydrogen) atoms. The van der Waals surface area contributed by atoms with Crippen molar-refractivity contribution < 1.29 is 22.7 Å². The molecule has 126 valence electrons. The summed E-state index contributed by atoms with van der Waals surface area (Å²) in [7, 11) is 0. The Balaban J connectivity index is 5.38. The van der Waals surface area contributed by atoms with Crippen molar-refractivity contribution in [2.24, 2.45) is 16.2 Å². The van der Waals surface area contributed by atoms with Crippen molar-refractivity contribution in [2.75, 3.05) is 6.61 Å². The van der Waals surface area contributed by atoms with Gasteiger partial charge in [0, 0.05) is 0 Å². The first-order valence-corrected chi connectivity index (χ1v) is 7.45. The smallest absolute Gasteiger partial charge is 0.422 e. The molecular weight excluding hydrogens is 281 g/mol. The lowest BCUT2D eigenvalue weighted by Gasteiger charge is -2.45. The first-order chi connectivity index (χ1) is 9.21. The van der Waals surface area contributed by atoms with Crippen LogP contribution in [0.5, 0.6) is 0 Å². The van der Waals surface area contributed by atoms with E-state index in [4.69, 9.17) is 0 Å². The van der Waals surface area contributed by atoms with Gasteiger partial charge in [-0.2, -0.15) is 13.2 Å². The first kappa shape index (κ1) is 20.3. The summed E-state index contributed by atoms with van der Waals surface area (Å²) in [5.41, 5.74) is -1.53. The fourth-order valence-corrected chi connectivity index (χ4v) is 2.37. The van der Waals surface area contributed by atoms with Gasteiger partial charge in [-0.1, -0.05) is 48.0 Å². The van der Waals surface area contributed by atoms with E-state index in [1.807, 2.05) is 41.5 Å². The van der Waals surface area contributed by atoms with E-state index in [9.17, 15) is 18.0 Å². The van der Waals surface area contributed by atoms with E-state index in [2.05, 4.69) is 4.74 Å². The zero-order valence-electron chi connectivity index (χ0n) is 14.3. The van der Waals surface area contributed by atoms with Gasteiger partial charge < -0.3 is 4.74 Å². The highest BCUT2D eigenvalue weighted by atomic mass is 19.4. The van der Waals surface area contributed by atoms with E-state index in [1.54, 1.807) is 6.92 Å². The largest absolute Gasteiger partial charge is 0.456 e. The number of alkyl halides is 3. The van der Waals surface area contributed by atoms with Crippen LogP contribution in [0.4, 0.5) is 13.2 Å². The fourth-order valence-electron chi connectivity index (χ4n) is 2.37. The number of hydrogen-bond donors (Lipinski definition) is 0. The van der Waals surface area contributed by atoms with Crippen molar-refractivity contribution in [1.29, 1.82) is 0 Å². The minimum Gasteiger partial charge on any atom is -0.456 e. The molecule has 0 N–H and O–H groups in total. The standard InChI is InChI=1S/C16H29F3O2/c1-8-13(3,4)10-15(7,14(5,6)9-2)12(20)21-11-16(17,18)19/h8-11H2,1-7H3. The van der Waals surface area contributed by atoms with Crippen LogP contribution in [-0.2, 0) is 9.53 Å². The summed E-state index contributed by atoms with van der Waals surface area (Å²) in [6.07, 6.45) is -2.47. The Morgan fingerprint density at radius 3 is 1.76 bits per heavy atom. The monoisotopic (exact) mass is 310 g/mol. The second-order valence-corrected chi connectivity index (χ2v) is 7.46. The Labute approximate surface area is 126 Å². The summed E-state index contributed by atoms with van der Waals surface area (Å²) in [6, 6.07) is 0. The minimum atomic E-state index is -4.49. The highest BCUT2D eigenvalue weighted by Crippen LogP contribution is 2.50. The Morgan fingerprint density at radius 1 is 0.952 bits per heavy atom. The molecule has 0 aromatic heterocycles. The number of rotatable bonds is 7. The van der Waals surface area contributed by atoms with Crippen molar-refractivity contribution >= 4 is 5.97 Å². The molecule has 0 bridgehead atoms. The van der Waals surface area contributed by atoms with Crippen LogP contribution in [0.3, 0.4) is 0 Å². The molecule has 1 unspecified atom stereocenters. The summed E-state index contributed by atoms with van der Waals surface area (Å²) in [5.74, 6) is -0.756. The van der Waals surface area contributed by atoms with Crippen LogP contribution in [-0.4, -0.2) is 18.8 Å². The van der Waals surface area contributed by atoms with E-state index < -0.39 is 29.6 Å². The van der Waals surface area contributed by atoms with E-state index in [-0.39, 0.29) is 5.41 Å². The van der Waals surface area contributed by atoms with E-state index in [0.29, 0.717) is 12.8 Å². The van der Waals surface area contributed by atoms with Gasteiger partial charge in [0.15, 0.2) is 6.61 Å². The lowest BCUT2D eigenvalue weighted by atomic mass is 9.58. The highest BCUT2D eigenvalue weighted by molar-refractivity contribution is 5.77. The molecule has 0 rings (SSSR count). The summed E-state index contributed by atoms with van der Waals surface area (Å²) >= 11 is 0. The minimum absolute atomic E-state index is 0.140. The van der Waals surface area contributed by atoms with Gasteiger partial charge in [0.2, 0.25) is 0 Å². The van der Waals surface area contributed by atoms with Crippen LogP contribution >= 0.6 is 0 Å². The predicted octanol–water partition coefficient (Wildman–Crippen LogP) is 5.36. The van der Waals surface area contributed by atoms with Crippen LogP contribution in [0, 0.1) is 16.2 Å². The molecule has 1 atom stereocenters. The molecule has 0 fully saturated rings. The molecule has 0 aromatic carbocycles. The maximum absolute atomic E-state index is 12.4.